The van der Waals surface area contributed by atoms with Crippen LogP contribution in [0, 0.1) is 0 Å². The number of hydrogen-bond donors (Lipinski definition) is 0. The van der Waals surface area contributed by atoms with Gasteiger partial charge in [0, 0.05) is 12.1 Å². The molecular weight excluding hydrogens is 292 g/mol. The first-order valence-corrected chi connectivity index (χ1v) is 7.76. The number of likely N-dealkylation sites (N-methyl/N-ethyl adjacent to an activating group) is 2. The number of ketones is 2. The van der Waals surface area contributed by atoms with E-state index in [-0.39, 0.29) is 18.0 Å². The summed E-state index contributed by atoms with van der Waals surface area (Å²) in [5.41, 5.74) is 0.644. The molecule has 2 rings (SSSR count). The van der Waals surface area contributed by atoms with Crippen LogP contribution in [0.5, 0.6) is 0 Å². The molecule has 0 aliphatic carbocycles. The Hall–Kier alpha value is -1.98. The number of ether oxygens (including phenoxy) is 1. The summed E-state index contributed by atoms with van der Waals surface area (Å²) in [5, 5.41) is 0. The molecule has 2 unspecified atom stereocenters. The number of hydrogen-bond acceptors (Lipinski definition) is 4. The van der Waals surface area contributed by atoms with Gasteiger partial charge in [-0.1, -0.05) is 30.3 Å². The smallest absolute Gasteiger partial charge is 0.260 e. The fraction of sp³-hybridized carbons (Fsp3) is 0.444. The lowest BCUT2D eigenvalue weighted by Gasteiger charge is -2.33. The van der Waals surface area contributed by atoms with Crippen LogP contribution >= 0.6 is 0 Å². The molecule has 0 aromatic heterocycles. The topological polar surface area (TPSA) is 46.6 Å². The van der Waals surface area contributed by atoms with Crippen LogP contribution < -0.4 is 0 Å². The zero-order valence-corrected chi connectivity index (χ0v) is 14.3. The molecule has 124 valence electrons. The zero-order valence-electron chi connectivity index (χ0n) is 14.3. The van der Waals surface area contributed by atoms with Gasteiger partial charge in [0.1, 0.15) is 6.20 Å². The summed E-state index contributed by atoms with van der Waals surface area (Å²) < 4.78 is 5.62. The molecule has 1 aromatic carbocycles. The molecular formula is C18H25N2O3+. The molecule has 0 saturated carbocycles. The molecule has 0 amide bonds. The Morgan fingerprint density at radius 1 is 1.26 bits per heavy atom. The van der Waals surface area contributed by atoms with Crippen molar-refractivity contribution >= 4 is 11.6 Å². The van der Waals surface area contributed by atoms with Crippen molar-refractivity contribution < 1.29 is 18.8 Å². The number of nitrogens with zero attached hydrogens (tertiary/aromatic N) is 2. The third kappa shape index (κ3) is 3.86. The maximum absolute atomic E-state index is 12.6. The van der Waals surface area contributed by atoms with Gasteiger partial charge in [-0.2, -0.15) is 0 Å². The maximum Gasteiger partial charge on any atom is 0.260 e. The van der Waals surface area contributed by atoms with E-state index in [0.717, 1.165) is 13.1 Å². The molecule has 23 heavy (non-hydrogen) atoms. The van der Waals surface area contributed by atoms with Gasteiger partial charge < -0.3 is 9.64 Å². The Balaban J connectivity index is 2.20. The largest absolute Gasteiger partial charge is 0.489 e. The Bertz CT molecular complexity index is 610. The van der Waals surface area contributed by atoms with E-state index in [1.165, 1.54) is 7.11 Å². The molecule has 0 radical (unpaired) electrons. The molecule has 5 heteroatoms. The molecule has 0 spiro atoms. The van der Waals surface area contributed by atoms with Gasteiger partial charge in [0.05, 0.1) is 27.1 Å². The molecule has 0 bridgehead atoms. The second-order valence-corrected chi connectivity index (χ2v) is 6.44. The first-order chi connectivity index (χ1) is 10.9. The second kappa shape index (κ2) is 7.06. The zero-order chi connectivity index (χ0) is 17.0. The van der Waals surface area contributed by atoms with Gasteiger partial charge in [-0.3, -0.25) is 14.1 Å². The van der Waals surface area contributed by atoms with E-state index in [9.17, 15) is 9.59 Å². The van der Waals surface area contributed by atoms with Crippen molar-refractivity contribution in [2.75, 3.05) is 41.3 Å². The Labute approximate surface area is 137 Å². The highest BCUT2D eigenvalue weighted by molar-refractivity contribution is 6.04. The minimum atomic E-state index is -0.419. The third-order valence-corrected chi connectivity index (χ3v) is 4.39. The fourth-order valence-electron chi connectivity index (χ4n) is 2.86. The van der Waals surface area contributed by atoms with E-state index in [2.05, 4.69) is 4.90 Å². The minimum Gasteiger partial charge on any atom is -0.489 e. The normalized spacial score (nSPS) is 24.0. The van der Waals surface area contributed by atoms with Crippen LogP contribution in [0.2, 0.25) is 0 Å². The molecule has 1 aliphatic rings. The lowest BCUT2D eigenvalue weighted by Crippen LogP contribution is -2.51. The minimum absolute atomic E-state index is 0.0103. The van der Waals surface area contributed by atoms with E-state index in [1.807, 2.05) is 45.5 Å². The van der Waals surface area contributed by atoms with Crippen LogP contribution in [0.15, 0.2) is 42.3 Å². The van der Waals surface area contributed by atoms with Crippen LogP contribution in [-0.4, -0.2) is 68.3 Å². The predicted octanol–water partition coefficient (Wildman–Crippen LogP) is 1.71. The van der Waals surface area contributed by atoms with Crippen molar-refractivity contribution in [2.45, 2.75) is 12.5 Å². The number of carbonyl (C=O) groups is 2. The van der Waals surface area contributed by atoms with Crippen molar-refractivity contribution in [1.29, 1.82) is 0 Å². The molecule has 1 heterocycles. The Morgan fingerprint density at radius 3 is 2.48 bits per heavy atom. The van der Waals surface area contributed by atoms with E-state index in [1.54, 1.807) is 12.1 Å². The number of quaternary nitrogens is 1. The SMILES string of the molecule is COC1=C[N+](C)(CCN(C)C)C(CC(=O)c2ccccc2)C1=O. The summed E-state index contributed by atoms with van der Waals surface area (Å²) in [7, 11) is 7.47. The number of carbonyl (C=O) groups excluding carboxylic acids is 2. The second-order valence-electron chi connectivity index (χ2n) is 6.44. The van der Waals surface area contributed by atoms with E-state index >= 15 is 0 Å². The molecule has 1 aliphatic heterocycles. The summed E-state index contributed by atoms with van der Waals surface area (Å²) in [5.74, 6) is 0.263. The van der Waals surface area contributed by atoms with Gasteiger partial charge in [-0.05, 0) is 14.1 Å². The molecule has 0 saturated heterocycles. The quantitative estimate of drug-likeness (QED) is 0.567. The standard InChI is InChI=1S/C18H25N2O3/c1-19(2)10-11-20(3)13-17(23-4)18(22)15(20)12-16(21)14-8-6-5-7-9-14/h5-9,13,15H,10-12H2,1-4H3/q+1. The third-order valence-electron chi connectivity index (χ3n) is 4.39. The highest BCUT2D eigenvalue weighted by Gasteiger charge is 2.47. The van der Waals surface area contributed by atoms with Crippen LogP contribution in [-0.2, 0) is 9.53 Å². The predicted molar refractivity (Wildman–Crippen MR) is 88.9 cm³/mol. The number of benzene rings is 1. The lowest BCUT2D eigenvalue weighted by atomic mass is 10.00. The average Bonchev–Trinajstić information content (AvgIpc) is 2.78. The summed E-state index contributed by atoms with van der Waals surface area (Å²) in [4.78, 5) is 27.2. The van der Waals surface area contributed by atoms with Crippen LogP contribution in [0.25, 0.3) is 0 Å². The van der Waals surface area contributed by atoms with Gasteiger partial charge in [-0.25, -0.2) is 0 Å². The van der Waals surface area contributed by atoms with Crippen molar-refractivity contribution in [2.24, 2.45) is 0 Å². The highest BCUT2D eigenvalue weighted by Crippen LogP contribution is 2.29. The maximum atomic E-state index is 12.6. The van der Waals surface area contributed by atoms with Gasteiger partial charge in [0.2, 0.25) is 5.76 Å². The lowest BCUT2D eigenvalue weighted by molar-refractivity contribution is -0.871. The summed E-state index contributed by atoms with van der Waals surface area (Å²) in [6.45, 7) is 1.58. The van der Waals surface area contributed by atoms with Gasteiger partial charge in [0.25, 0.3) is 5.78 Å². The molecule has 5 nitrogen and oxygen atoms in total. The number of rotatable bonds is 7. The molecule has 0 N–H and O–H groups in total. The van der Waals surface area contributed by atoms with Crippen LogP contribution in [0.3, 0.4) is 0 Å². The van der Waals surface area contributed by atoms with Gasteiger partial charge in [-0.15, -0.1) is 0 Å². The number of Topliss-reactive ketones (excluding diaryl/α,β-unsaturated/α-hetero) is 2. The van der Waals surface area contributed by atoms with E-state index in [0.29, 0.717) is 15.8 Å². The van der Waals surface area contributed by atoms with Gasteiger partial charge in [0.15, 0.2) is 11.8 Å². The van der Waals surface area contributed by atoms with E-state index < -0.39 is 6.04 Å². The molecule has 0 fully saturated rings. The highest BCUT2D eigenvalue weighted by atomic mass is 16.5. The Morgan fingerprint density at radius 2 is 1.91 bits per heavy atom. The number of methoxy groups -OCH3 is 1. The fourth-order valence-corrected chi connectivity index (χ4v) is 2.86. The molecule has 2 atom stereocenters. The first kappa shape index (κ1) is 17.4. The van der Waals surface area contributed by atoms with Crippen LogP contribution in [0.1, 0.15) is 16.8 Å². The van der Waals surface area contributed by atoms with Crippen molar-refractivity contribution in [3.63, 3.8) is 0 Å². The van der Waals surface area contributed by atoms with E-state index in [4.69, 9.17) is 4.74 Å². The average molecular weight is 317 g/mol. The Kier molecular flexibility index (Phi) is 5.34. The summed E-state index contributed by atoms with van der Waals surface area (Å²) in [6, 6.07) is 8.70. The van der Waals surface area contributed by atoms with Crippen molar-refractivity contribution in [1.82, 2.24) is 4.90 Å². The summed E-state index contributed by atoms with van der Waals surface area (Å²) >= 11 is 0. The van der Waals surface area contributed by atoms with Crippen molar-refractivity contribution in [3.8, 4) is 0 Å². The summed E-state index contributed by atoms with van der Waals surface area (Å²) in [6.07, 6.45) is 2.03. The monoisotopic (exact) mass is 317 g/mol. The van der Waals surface area contributed by atoms with Gasteiger partial charge >= 0.3 is 0 Å². The van der Waals surface area contributed by atoms with Crippen molar-refractivity contribution in [3.05, 3.63) is 47.9 Å². The molecule has 1 aromatic rings. The first-order valence-electron chi connectivity index (χ1n) is 7.76. The van der Waals surface area contributed by atoms with Crippen LogP contribution in [0.4, 0.5) is 0 Å².